The van der Waals surface area contributed by atoms with Gasteiger partial charge in [-0.05, 0) is 89.8 Å². The molecule has 0 amide bonds. The van der Waals surface area contributed by atoms with Gasteiger partial charge >= 0.3 is 27.0 Å². The van der Waals surface area contributed by atoms with Gasteiger partial charge in [0.25, 0.3) is 0 Å². The third-order valence-electron chi connectivity index (χ3n) is 9.11. The molecule has 8 aromatic carbocycles. The van der Waals surface area contributed by atoms with Crippen LogP contribution in [0.1, 0.15) is 5.69 Å². The Morgan fingerprint density at radius 2 is 0.732 bits per heavy atom. The van der Waals surface area contributed by atoms with E-state index in [1.165, 1.54) is 31.8 Å². The number of rotatable bonds is 7. The molecule has 1 aromatic heterocycles. The Balaban J connectivity index is 0.000000140. The standard InChI is InChI=1S/2C18H15P.C14H10N2.ClH.Ru/c2*1-4-10-16(11-5-1)19(17-12-6-2-7-13-17)18-14-8-3-9-15-18;15-9-12-8-7-11-6-5-10-3-1-2-4-13(10)14(11)16-12;;/h2*1-15H;1-3,5-8,15H,9H2;1H;/q;;-2;;+3/p+1. The Labute approximate surface area is 347 Å². The first kappa shape index (κ1) is 40.8. The second-order valence-electron chi connectivity index (χ2n) is 12.7. The van der Waals surface area contributed by atoms with Gasteiger partial charge in [0.2, 0.25) is 0 Å². The summed E-state index contributed by atoms with van der Waals surface area (Å²) in [5.41, 5.74) is 9.10. The van der Waals surface area contributed by atoms with Gasteiger partial charge in [-0.25, -0.2) is 0 Å². The fraction of sp³-hybridized carbons (Fsp3) is 0.0200. The van der Waals surface area contributed by atoms with E-state index in [1.54, 1.807) is 0 Å². The molecular weight excluding hydrogens is 827 g/mol. The molecule has 56 heavy (non-hydrogen) atoms. The summed E-state index contributed by atoms with van der Waals surface area (Å²) in [4.78, 5) is 4.50. The molecule has 1 heterocycles. The first-order valence-electron chi connectivity index (χ1n) is 18.3. The third-order valence-corrected chi connectivity index (χ3v) is 14.6. The summed E-state index contributed by atoms with van der Waals surface area (Å²) in [7, 11) is 2.81. The molecule has 275 valence electrons. The van der Waals surface area contributed by atoms with Crippen molar-refractivity contribution in [2.45, 2.75) is 6.54 Å². The van der Waals surface area contributed by atoms with Crippen molar-refractivity contribution in [1.82, 2.24) is 4.98 Å². The van der Waals surface area contributed by atoms with Crippen LogP contribution in [0.3, 0.4) is 0 Å². The second kappa shape index (κ2) is 22.0. The number of halogens is 1. The van der Waals surface area contributed by atoms with Crippen molar-refractivity contribution < 1.29 is 17.3 Å². The molecule has 9 aromatic rings. The van der Waals surface area contributed by atoms with Crippen LogP contribution in [0.5, 0.6) is 0 Å². The van der Waals surface area contributed by atoms with Crippen molar-refractivity contribution in [3.63, 3.8) is 0 Å². The van der Waals surface area contributed by atoms with E-state index >= 15 is 0 Å². The largest absolute Gasteiger partial charge is 0.672 e. The second-order valence-corrected chi connectivity index (χ2v) is 17.7. The van der Waals surface area contributed by atoms with Gasteiger partial charge < -0.3 is 10.7 Å². The molecule has 0 saturated heterocycles. The van der Waals surface area contributed by atoms with Crippen molar-refractivity contribution in [3.05, 3.63) is 242 Å². The molecule has 0 bridgehead atoms. The molecule has 0 fully saturated rings. The first-order chi connectivity index (χ1) is 27.8. The maximum Gasteiger partial charge on any atom is 0.102 e. The molecule has 0 radical (unpaired) electrons. The number of nitrogens with zero attached hydrogens (tertiary/aromatic N) is 1. The Morgan fingerprint density at radius 3 is 1.07 bits per heavy atom. The summed E-state index contributed by atoms with van der Waals surface area (Å²) in [6, 6.07) is 82.2. The smallest absolute Gasteiger partial charge is 0.102 e. The minimum absolute atomic E-state index is 0.221. The zero-order valence-corrected chi connectivity index (χ0v) is 35.2. The fourth-order valence-electron chi connectivity index (χ4n) is 6.55. The molecule has 0 aliphatic rings. The summed E-state index contributed by atoms with van der Waals surface area (Å²) < 4.78 is 0. The third kappa shape index (κ3) is 10.9. The summed E-state index contributed by atoms with van der Waals surface area (Å²) >= 11 is 1.82. The topological polar surface area (TPSA) is 36.7 Å². The minimum atomic E-state index is -0.877. The molecule has 6 heteroatoms. The number of nitrogens with one attached hydrogen (secondary N) is 1. The van der Waals surface area contributed by atoms with Crippen LogP contribution < -0.4 is 31.8 Å². The molecule has 0 atom stereocenters. The fourth-order valence-corrected chi connectivity index (χ4v) is 11.7. The Bertz CT molecular complexity index is 2170. The van der Waals surface area contributed by atoms with Crippen LogP contribution in [0.4, 0.5) is 0 Å². The maximum absolute atomic E-state index is 7.35. The summed E-state index contributed by atoms with van der Waals surface area (Å²) in [5.74, 6) is 0. The SMILES string of the molecule is [Cl][Ru+2].[NH-]Cc1ccc2ccc3ccc[c-]c3c2n1.c1ccc([PH+](c2ccccc2)c2ccccc2)cc1.c1ccc([PH+](c2ccccc2)c2ccccc2)cc1. The zero-order chi connectivity index (χ0) is 38.8. The van der Waals surface area contributed by atoms with Crippen LogP contribution in [0.15, 0.2) is 224 Å². The Hall–Kier alpha value is -4.84. The number of aromatic nitrogens is 1. The van der Waals surface area contributed by atoms with Gasteiger partial charge in [-0.3, -0.25) is 0 Å². The zero-order valence-electron chi connectivity index (χ0n) is 30.7. The van der Waals surface area contributed by atoms with Gasteiger partial charge in [0.05, 0.1) is 15.8 Å². The minimum Gasteiger partial charge on any atom is -0.672 e. The van der Waals surface area contributed by atoms with E-state index in [2.05, 4.69) is 221 Å². The van der Waals surface area contributed by atoms with E-state index in [0.717, 1.165) is 27.4 Å². The summed E-state index contributed by atoms with van der Waals surface area (Å²) in [5, 5.41) is 11.9. The van der Waals surface area contributed by atoms with Gasteiger partial charge in [-0.2, -0.15) is 0 Å². The van der Waals surface area contributed by atoms with Crippen molar-refractivity contribution in [1.29, 1.82) is 0 Å². The van der Waals surface area contributed by atoms with Crippen LogP contribution in [-0.2, 0) is 23.9 Å². The van der Waals surface area contributed by atoms with Crippen LogP contribution in [-0.4, -0.2) is 4.98 Å². The van der Waals surface area contributed by atoms with E-state index in [-0.39, 0.29) is 6.54 Å². The van der Waals surface area contributed by atoms with Crippen LogP contribution in [0.25, 0.3) is 27.4 Å². The number of benzene rings is 8. The van der Waals surface area contributed by atoms with E-state index < -0.39 is 15.8 Å². The maximum atomic E-state index is 7.35. The molecule has 0 spiro atoms. The normalized spacial score (nSPS) is 10.4. The van der Waals surface area contributed by atoms with Gasteiger partial charge in [-0.1, -0.05) is 127 Å². The average molecular weight is 869 g/mol. The van der Waals surface area contributed by atoms with Gasteiger partial charge in [0, 0.05) is 5.69 Å². The van der Waals surface area contributed by atoms with E-state index in [1.807, 2.05) is 41.6 Å². The summed E-state index contributed by atoms with van der Waals surface area (Å²) in [6.45, 7) is 0.221. The first-order valence-corrected chi connectivity index (χ1v) is 23.6. The molecule has 0 aliphatic carbocycles. The molecule has 0 unspecified atom stereocenters. The van der Waals surface area contributed by atoms with Crippen LogP contribution in [0, 0.1) is 6.07 Å². The monoisotopic (exact) mass is 869 g/mol. The van der Waals surface area contributed by atoms with E-state index in [4.69, 9.17) is 5.73 Å². The molecular formula is C50H42ClN2P2Ru+2. The number of hydrogen-bond acceptors (Lipinski definition) is 1. The predicted molar refractivity (Wildman–Crippen MR) is 245 cm³/mol. The Morgan fingerprint density at radius 1 is 0.411 bits per heavy atom. The van der Waals surface area contributed by atoms with Crippen LogP contribution >= 0.6 is 25.5 Å². The van der Waals surface area contributed by atoms with E-state index in [0.29, 0.717) is 0 Å². The molecule has 0 saturated carbocycles. The summed E-state index contributed by atoms with van der Waals surface area (Å²) in [6.07, 6.45) is 0. The number of fused-ring (bicyclic) bond motifs is 3. The molecule has 2 nitrogen and oxygen atoms in total. The predicted octanol–water partition coefficient (Wildman–Crippen LogP) is 10.8. The number of hydrogen-bond donors (Lipinski definition) is 0. The van der Waals surface area contributed by atoms with Crippen molar-refractivity contribution in [3.8, 4) is 0 Å². The van der Waals surface area contributed by atoms with Gasteiger partial charge in [0.1, 0.15) is 31.8 Å². The Kier molecular flexibility index (Phi) is 16.1. The van der Waals surface area contributed by atoms with Gasteiger partial charge in [0.15, 0.2) is 0 Å². The van der Waals surface area contributed by atoms with Crippen molar-refractivity contribution >= 4 is 79.0 Å². The van der Waals surface area contributed by atoms with Crippen molar-refractivity contribution in [2.75, 3.05) is 0 Å². The number of pyridine rings is 1. The molecule has 0 aliphatic heterocycles. The molecule has 1 N–H and O–H groups in total. The molecule has 9 rings (SSSR count). The quantitative estimate of drug-likeness (QED) is 0.0680. The van der Waals surface area contributed by atoms with Gasteiger partial charge in [-0.15, -0.1) is 41.6 Å². The van der Waals surface area contributed by atoms with Crippen LogP contribution in [0.2, 0.25) is 0 Å². The van der Waals surface area contributed by atoms with Crippen molar-refractivity contribution in [2.24, 2.45) is 0 Å². The average Bonchev–Trinajstić information content (AvgIpc) is 3.30. The van der Waals surface area contributed by atoms with E-state index in [9.17, 15) is 0 Å².